The first kappa shape index (κ1) is 13.8. The van der Waals surface area contributed by atoms with E-state index in [9.17, 15) is 4.79 Å². The van der Waals surface area contributed by atoms with E-state index in [0.717, 1.165) is 0 Å². The Kier molecular flexibility index (Phi) is 3.73. The summed E-state index contributed by atoms with van der Waals surface area (Å²) in [6, 6.07) is 10.4. The molecule has 0 aliphatic carbocycles. The highest BCUT2D eigenvalue weighted by atomic mass is 35.5. The summed E-state index contributed by atoms with van der Waals surface area (Å²) in [7, 11) is 0. The smallest absolute Gasteiger partial charge is 0.363 e. The number of benzene rings is 1. The minimum absolute atomic E-state index is 0.126. The van der Waals surface area contributed by atoms with E-state index in [4.69, 9.17) is 27.9 Å². The van der Waals surface area contributed by atoms with Crippen LogP contribution in [0.3, 0.4) is 0 Å². The first-order valence-corrected chi connectivity index (χ1v) is 6.78. The largest absolute Gasteiger partial charge is 0.400 e. The van der Waals surface area contributed by atoms with E-state index >= 15 is 0 Å². The predicted molar refractivity (Wildman–Crippen MR) is 81.3 cm³/mol. The molecule has 1 aromatic heterocycles. The fourth-order valence-electron chi connectivity index (χ4n) is 1.78. The lowest BCUT2D eigenvalue weighted by atomic mass is 10.2. The molecule has 21 heavy (non-hydrogen) atoms. The van der Waals surface area contributed by atoms with Crippen molar-refractivity contribution in [1.29, 1.82) is 0 Å². The number of hydrogen-bond donors (Lipinski definition) is 0. The van der Waals surface area contributed by atoms with Crippen molar-refractivity contribution >= 4 is 41.1 Å². The number of pyridine rings is 1. The maximum Gasteiger partial charge on any atom is 0.363 e. The zero-order chi connectivity index (χ0) is 14.8. The Morgan fingerprint density at radius 1 is 1.14 bits per heavy atom. The van der Waals surface area contributed by atoms with Crippen LogP contribution in [0.2, 0.25) is 10.0 Å². The number of nitrogens with zero attached hydrogens (tertiary/aromatic N) is 2. The van der Waals surface area contributed by atoms with Crippen LogP contribution in [0.25, 0.3) is 6.08 Å². The Balaban J connectivity index is 1.98. The van der Waals surface area contributed by atoms with E-state index in [2.05, 4.69) is 9.98 Å². The van der Waals surface area contributed by atoms with Crippen molar-refractivity contribution in [2.45, 2.75) is 0 Å². The summed E-state index contributed by atoms with van der Waals surface area (Å²) in [5.74, 6) is -0.424. The average molecular weight is 319 g/mol. The molecule has 0 saturated carbocycles. The van der Waals surface area contributed by atoms with Crippen molar-refractivity contribution in [2.75, 3.05) is 0 Å². The molecule has 0 unspecified atom stereocenters. The number of cyclic esters (lactones) is 1. The molecule has 0 bridgehead atoms. The first-order chi connectivity index (χ1) is 10.1. The van der Waals surface area contributed by atoms with E-state index in [1.165, 1.54) is 6.20 Å². The lowest BCUT2D eigenvalue weighted by Crippen LogP contribution is -2.07. The third kappa shape index (κ3) is 2.96. The molecule has 0 fully saturated rings. The highest BCUT2D eigenvalue weighted by Crippen LogP contribution is 2.23. The number of aromatic nitrogens is 1. The summed E-state index contributed by atoms with van der Waals surface area (Å²) in [4.78, 5) is 20.1. The quantitative estimate of drug-likeness (QED) is 0.626. The lowest BCUT2D eigenvalue weighted by Gasteiger charge is -1.98. The van der Waals surface area contributed by atoms with Crippen LogP contribution in [0.15, 0.2) is 53.3 Å². The van der Waals surface area contributed by atoms with Crippen LogP contribution < -0.4 is 0 Å². The fourth-order valence-corrected chi connectivity index (χ4v) is 2.13. The molecule has 2 heterocycles. The Hall–Kier alpha value is -2.17. The van der Waals surface area contributed by atoms with Crippen LogP contribution in [0.5, 0.6) is 0 Å². The van der Waals surface area contributed by atoms with Gasteiger partial charge < -0.3 is 4.74 Å². The summed E-state index contributed by atoms with van der Waals surface area (Å²) in [5, 5.41) is 1.02. The highest BCUT2D eigenvalue weighted by molar-refractivity contribution is 6.32. The number of ether oxygens (including phenoxy) is 1. The Morgan fingerprint density at radius 2 is 1.95 bits per heavy atom. The molecule has 6 heteroatoms. The van der Waals surface area contributed by atoms with Gasteiger partial charge in [-0.1, -0.05) is 41.4 Å². The molecule has 2 aromatic rings. The number of carbonyl (C=O) groups is 1. The molecule has 1 aliphatic heterocycles. The van der Waals surface area contributed by atoms with Gasteiger partial charge in [0.25, 0.3) is 0 Å². The molecular formula is C15H8Cl2N2O2. The normalized spacial score (nSPS) is 16.0. The van der Waals surface area contributed by atoms with Crippen LogP contribution in [-0.2, 0) is 9.53 Å². The van der Waals surface area contributed by atoms with E-state index in [1.807, 2.05) is 12.1 Å². The molecule has 1 aliphatic rings. The summed E-state index contributed by atoms with van der Waals surface area (Å²) in [5.41, 5.74) is 1.26. The fraction of sp³-hybridized carbons (Fsp3) is 0. The molecular weight excluding hydrogens is 311 g/mol. The Morgan fingerprint density at radius 3 is 2.71 bits per heavy atom. The zero-order valence-electron chi connectivity index (χ0n) is 10.6. The Labute approximate surface area is 130 Å². The van der Waals surface area contributed by atoms with Crippen LogP contribution >= 0.6 is 23.2 Å². The molecule has 1 aromatic carbocycles. The molecule has 0 amide bonds. The van der Waals surface area contributed by atoms with E-state index < -0.39 is 5.97 Å². The second-order valence-electron chi connectivity index (χ2n) is 4.22. The molecule has 0 atom stereocenters. The minimum Gasteiger partial charge on any atom is -0.400 e. The maximum absolute atomic E-state index is 11.8. The van der Waals surface area contributed by atoms with Crippen molar-refractivity contribution in [1.82, 2.24) is 4.98 Å². The van der Waals surface area contributed by atoms with Gasteiger partial charge >= 0.3 is 5.97 Å². The van der Waals surface area contributed by atoms with Gasteiger partial charge in [0.2, 0.25) is 5.90 Å². The molecule has 0 spiro atoms. The van der Waals surface area contributed by atoms with Crippen LogP contribution in [-0.4, -0.2) is 16.9 Å². The third-order valence-corrected chi connectivity index (χ3v) is 3.34. The average Bonchev–Trinajstić information content (AvgIpc) is 2.83. The van der Waals surface area contributed by atoms with Gasteiger partial charge in [0.05, 0.1) is 0 Å². The second kappa shape index (κ2) is 5.68. The van der Waals surface area contributed by atoms with E-state index in [0.29, 0.717) is 21.3 Å². The lowest BCUT2D eigenvalue weighted by molar-refractivity contribution is -0.129. The Bertz CT molecular complexity index is 785. The molecule has 4 nitrogen and oxygen atoms in total. The van der Waals surface area contributed by atoms with Crippen LogP contribution in [0.4, 0.5) is 0 Å². The second-order valence-corrected chi connectivity index (χ2v) is 5.06. The first-order valence-electron chi connectivity index (χ1n) is 6.02. The third-order valence-electron chi connectivity index (χ3n) is 2.76. The van der Waals surface area contributed by atoms with Crippen LogP contribution in [0, 0.1) is 0 Å². The van der Waals surface area contributed by atoms with Gasteiger partial charge in [-0.2, -0.15) is 0 Å². The molecule has 104 valence electrons. The number of halogens is 2. The van der Waals surface area contributed by atoms with Gasteiger partial charge in [-0.3, -0.25) is 4.98 Å². The topological polar surface area (TPSA) is 51.5 Å². The molecule has 3 rings (SSSR count). The van der Waals surface area contributed by atoms with E-state index in [1.54, 1.807) is 30.3 Å². The number of esters is 1. The van der Waals surface area contributed by atoms with E-state index in [-0.39, 0.29) is 11.6 Å². The van der Waals surface area contributed by atoms with Crippen molar-refractivity contribution < 1.29 is 9.53 Å². The van der Waals surface area contributed by atoms with Gasteiger partial charge in [-0.25, -0.2) is 9.79 Å². The summed E-state index contributed by atoms with van der Waals surface area (Å²) in [6.07, 6.45) is 3.09. The molecule has 0 saturated heterocycles. The zero-order valence-corrected chi connectivity index (χ0v) is 12.1. The van der Waals surface area contributed by atoms with Crippen molar-refractivity contribution in [3.63, 3.8) is 0 Å². The summed E-state index contributed by atoms with van der Waals surface area (Å²) < 4.78 is 5.11. The van der Waals surface area contributed by atoms with Gasteiger partial charge in [-0.05, 0) is 29.8 Å². The summed E-state index contributed by atoms with van der Waals surface area (Å²) in [6.45, 7) is 0. The van der Waals surface area contributed by atoms with Crippen LogP contribution in [0.1, 0.15) is 11.3 Å². The standard InChI is InChI=1S/C15H8Cl2N2O2/c16-10-5-6-18-12(8-10)14-19-13(15(20)21-14)7-9-3-1-2-4-11(9)17/h1-8H/b13-7-. The van der Waals surface area contributed by atoms with Gasteiger partial charge in [0, 0.05) is 16.2 Å². The van der Waals surface area contributed by atoms with Gasteiger partial charge in [0.1, 0.15) is 5.69 Å². The predicted octanol–water partition coefficient (Wildman–Crippen LogP) is 3.73. The van der Waals surface area contributed by atoms with Crippen molar-refractivity contribution in [3.05, 3.63) is 69.6 Å². The monoisotopic (exact) mass is 318 g/mol. The van der Waals surface area contributed by atoms with Gasteiger partial charge in [0.15, 0.2) is 5.70 Å². The number of hydrogen-bond acceptors (Lipinski definition) is 4. The highest BCUT2D eigenvalue weighted by Gasteiger charge is 2.25. The van der Waals surface area contributed by atoms with Crippen molar-refractivity contribution in [3.8, 4) is 0 Å². The minimum atomic E-state index is -0.549. The molecule has 0 radical (unpaired) electrons. The SMILES string of the molecule is O=C1OC(c2cc(Cl)ccn2)=N/C1=C\c1ccccc1Cl. The molecule has 0 N–H and O–H groups in total. The number of aliphatic imine (C=N–C) groups is 1. The van der Waals surface area contributed by atoms with Gasteiger partial charge in [-0.15, -0.1) is 0 Å². The maximum atomic E-state index is 11.8. The number of carbonyl (C=O) groups excluding carboxylic acids is 1. The van der Waals surface area contributed by atoms with Crippen molar-refractivity contribution in [2.24, 2.45) is 4.99 Å². The summed E-state index contributed by atoms with van der Waals surface area (Å²) >= 11 is 11.9. The number of rotatable bonds is 2.